The Labute approximate surface area is 246 Å². The van der Waals surface area contributed by atoms with Crippen LogP contribution in [0.4, 0.5) is 5.69 Å². The van der Waals surface area contributed by atoms with Gasteiger partial charge < -0.3 is 14.6 Å². The van der Waals surface area contributed by atoms with Gasteiger partial charge in [-0.2, -0.15) is 20.2 Å². The molecule has 3 aromatic rings. The van der Waals surface area contributed by atoms with E-state index in [0.29, 0.717) is 41.8 Å². The molecule has 216 valence electrons. The number of aliphatic imine (C=N–C) groups is 1. The maximum Gasteiger partial charge on any atom is 0.281 e. The normalized spacial score (nSPS) is 19.1. The fraction of sp³-hybridized carbons (Fsp3) is 0.462. The monoisotopic (exact) mass is 623 g/mol. The van der Waals surface area contributed by atoms with Gasteiger partial charge in [0, 0.05) is 73.8 Å². The second-order valence-corrected chi connectivity index (χ2v) is 14.9. The van der Waals surface area contributed by atoms with Crippen LogP contribution in [0.25, 0.3) is 10.9 Å². The molecule has 2 aliphatic heterocycles. The Bertz CT molecular complexity index is 1480. The van der Waals surface area contributed by atoms with E-state index in [1.54, 1.807) is 30.0 Å². The molecule has 2 atom stereocenters. The Hall–Kier alpha value is -2.10. The third kappa shape index (κ3) is 7.02. The molecule has 1 fully saturated rings. The van der Waals surface area contributed by atoms with E-state index in [1.807, 2.05) is 23.9 Å². The van der Waals surface area contributed by atoms with Crippen LogP contribution >= 0.6 is 23.5 Å². The lowest BCUT2D eigenvalue weighted by Gasteiger charge is -2.28. The number of aromatic amines is 1. The average Bonchev–Trinajstić information content (AvgIpc) is 3.60. The first-order valence-corrected chi connectivity index (χ1v) is 17.9. The number of ether oxygens (including phenoxy) is 1. The molecule has 1 N–H and O–H groups in total. The van der Waals surface area contributed by atoms with Crippen LogP contribution in [0.15, 0.2) is 52.6 Å². The van der Waals surface area contributed by atoms with E-state index in [4.69, 9.17) is 13.9 Å². The van der Waals surface area contributed by atoms with Gasteiger partial charge in [0.05, 0.1) is 36.7 Å². The van der Waals surface area contributed by atoms with Crippen LogP contribution in [0.5, 0.6) is 5.75 Å². The molecule has 0 aliphatic carbocycles. The molecule has 5 rings (SSSR count). The minimum atomic E-state index is -3.92. The van der Waals surface area contributed by atoms with Crippen molar-refractivity contribution >= 4 is 66.3 Å². The summed E-state index contributed by atoms with van der Waals surface area (Å²) in [5.41, 5.74) is 1.98. The number of hydrogen-bond donors (Lipinski definition) is 1. The molecule has 0 bridgehead atoms. The molecule has 40 heavy (non-hydrogen) atoms. The van der Waals surface area contributed by atoms with Gasteiger partial charge in [0.15, 0.2) is 16.1 Å². The minimum Gasteiger partial charge on any atom is -0.493 e. The van der Waals surface area contributed by atoms with Crippen LogP contribution in [0.3, 0.4) is 0 Å². The third-order valence-electron chi connectivity index (χ3n) is 6.60. The maximum absolute atomic E-state index is 13.5. The molecule has 2 unspecified atom stereocenters. The van der Waals surface area contributed by atoms with Gasteiger partial charge in [0.2, 0.25) is 0 Å². The fourth-order valence-electron chi connectivity index (χ4n) is 4.57. The first-order chi connectivity index (χ1) is 19.3. The fourth-order valence-corrected chi connectivity index (χ4v) is 8.17. The van der Waals surface area contributed by atoms with Gasteiger partial charge in [-0.05, 0) is 24.3 Å². The lowest BCUT2D eigenvalue weighted by atomic mass is 10.2. The van der Waals surface area contributed by atoms with Crippen LogP contribution < -0.4 is 9.04 Å². The van der Waals surface area contributed by atoms with E-state index in [9.17, 15) is 12.6 Å². The predicted octanol–water partition coefficient (Wildman–Crippen LogP) is 3.38. The van der Waals surface area contributed by atoms with Gasteiger partial charge in [0.1, 0.15) is 10.8 Å². The van der Waals surface area contributed by atoms with Crippen molar-refractivity contribution in [1.29, 1.82) is 0 Å². The van der Waals surface area contributed by atoms with Crippen LogP contribution in [-0.2, 0) is 25.3 Å². The summed E-state index contributed by atoms with van der Waals surface area (Å²) in [7, 11) is -2.41. The first kappa shape index (κ1) is 29.4. The van der Waals surface area contributed by atoms with E-state index in [-0.39, 0.29) is 5.03 Å². The topological polar surface area (TPSA) is 117 Å². The Morgan fingerprint density at radius 3 is 2.77 bits per heavy atom. The summed E-state index contributed by atoms with van der Waals surface area (Å²) in [5.74, 6) is 2.89. The third-order valence-corrected chi connectivity index (χ3v) is 10.9. The number of benzene rings is 1. The molecule has 0 saturated carbocycles. The number of rotatable bonds is 12. The molecule has 0 radical (unpaired) electrons. The van der Waals surface area contributed by atoms with E-state index in [2.05, 4.69) is 14.9 Å². The standard InChI is InChI=1S/C26H33N5O5S4/c1-30(40(33,34)24-6-3-4-7-27-24)23-16-20(35-10-5-11-36-39(2)32)14-19-15-22(29-25(19)23)26-28-17-21(38-26)18-31-8-12-37-13-9-31/h3-4,6-7,14-16,21,29H,5,8-13,17-18H2,1-2H3. The number of H-pyrrole nitrogens is 1. The van der Waals surface area contributed by atoms with Crippen molar-refractivity contribution in [3.05, 3.63) is 48.3 Å². The van der Waals surface area contributed by atoms with Gasteiger partial charge in [0.25, 0.3) is 10.0 Å². The number of nitrogens with zero attached hydrogens (tertiary/aromatic N) is 4. The smallest absolute Gasteiger partial charge is 0.281 e. The lowest BCUT2D eigenvalue weighted by molar-refractivity contribution is 0.261. The van der Waals surface area contributed by atoms with Crippen LogP contribution in [0, 0.1) is 0 Å². The molecule has 2 aromatic heterocycles. The van der Waals surface area contributed by atoms with E-state index < -0.39 is 21.1 Å². The summed E-state index contributed by atoms with van der Waals surface area (Å²) in [4.78, 5) is 14.9. The quantitative estimate of drug-likeness (QED) is 0.303. The first-order valence-electron chi connectivity index (χ1n) is 13.0. The molecule has 1 aromatic carbocycles. The zero-order valence-electron chi connectivity index (χ0n) is 22.4. The number of hydrogen-bond acceptors (Lipinski definition) is 10. The molecule has 1 saturated heterocycles. The number of pyridine rings is 1. The number of sulfonamides is 1. The molecule has 10 nitrogen and oxygen atoms in total. The maximum atomic E-state index is 13.5. The predicted molar refractivity (Wildman–Crippen MR) is 165 cm³/mol. The van der Waals surface area contributed by atoms with Crippen molar-refractivity contribution in [3.63, 3.8) is 0 Å². The molecular weight excluding hydrogens is 591 g/mol. The number of thioether (sulfide) groups is 2. The Morgan fingerprint density at radius 1 is 1.20 bits per heavy atom. The van der Waals surface area contributed by atoms with Crippen molar-refractivity contribution < 1.29 is 21.5 Å². The molecule has 0 amide bonds. The zero-order valence-corrected chi connectivity index (χ0v) is 25.7. The highest BCUT2D eigenvalue weighted by atomic mass is 32.2. The van der Waals surface area contributed by atoms with E-state index in [0.717, 1.165) is 42.3 Å². The number of aromatic nitrogens is 2. The van der Waals surface area contributed by atoms with E-state index in [1.165, 1.54) is 41.4 Å². The second kappa shape index (κ2) is 13.3. The van der Waals surface area contributed by atoms with Crippen molar-refractivity contribution in [2.75, 3.05) is 68.5 Å². The van der Waals surface area contributed by atoms with Crippen molar-refractivity contribution in [2.24, 2.45) is 4.99 Å². The summed E-state index contributed by atoms with van der Waals surface area (Å²) in [6, 6.07) is 10.4. The van der Waals surface area contributed by atoms with Gasteiger partial charge >= 0.3 is 0 Å². The van der Waals surface area contributed by atoms with Crippen molar-refractivity contribution in [2.45, 2.75) is 16.7 Å². The lowest BCUT2D eigenvalue weighted by Crippen LogP contribution is -2.37. The van der Waals surface area contributed by atoms with Crippen molar-refractivity contribution in [3.8, 4) is 5.75 Å². The second-order valence-electron chi connectivity index (χ2n) is 9.45. The molecule has 2 aliphatic rings. The van der Waals surface area contributed by atoms with Gasteiger partial charge in [-0.25, -0.2) is 9.19 Å². The number of anilines is 1. The molecule has 0 spiro atoms. The SMILES string of the molecule is CN(c1cc(OCCCOS(C)=O)cc2cc(C3=NCC(CN4CCSCC4)S3)[nH]c12)S(=O)(=O)c1ccccn1. The highest BCUT2D eigenvalue weighted by Crippen LogP contribution is 2.36. The van der Waals surface area contributed by atoms with Crippen LogP contribution in [-0.4, -0.2) is 102 Å². The number of nitrogens with one attached hydrogen (secondary N) is 1. The number of fused-ring (bicyclic) bond motifs is 1. The van der Waals surface area contributed by atoms with Gasteiger partial charge in [-0.15, -0.1) is 0 Å². The average molecular weight is 624 g/mol. The molecule has 14 heteroatoms. The minimum absolute atomic E-state index is 0.0388. The van der Waals surface area contributed by atoms with Gasteiger partial charge in [-0.3, -0.25) is 13.5 Å². The molecular formula is C26H33N5O5S4. The molecule has 4 heterocycles. The Morgan fingerprint density at radius 2 is 2.02 bits per heavy atom. The summed E-state index contributed by atoms with van der Waals surface area (Å²) in [5, 5.41) is 2.11. The summed E-state index contributed by atoms with van der Waals surface area (Å²) in [6.45, 7) is 4.65. The highest BCUT2D eigenvalue weighted by Gasteiger charge is 2.28. The van der Waals surface area contributed by atoms with E-state index >= 15 is 0 Å². The summed E-state index contributed by atoms with van der Waals surface area (Å²) >= 11 is 2.45. The van der Waals surface area contributed by atoms with Crippen molar-refractivity contribution in [1.82, 2.24) is 14.9 Å². The summed E-state index contributed by atoms with van der Waals surface area (Å²) in [6.07, 6.45) is 3.48. The largest absolute Gasteiger partial charge is 0.493 e. The summed E-state index contributed by atoms with van der Waals surface area (Å²) < 4.78 is 50.4. The van der Waals surface area contributed by atoms with Gasteiger partial charge in [-0.1, -0.05) is 17.8 Å². The highest BCUT2D eigenvalue weighted by molar-refractivity contribution is 8.15. The Kier molecular flexibility index (Phi) is 9.74. The Balaban J connectivity index is 1.40. The van der Waals surface area contributed by atoms with Crippen LogP contribution in [0.2, 0.25) is 0 Å². The van der Waals surface area contributed by atoms with Crippen LogP contribution in [0.1, 0.15) is 12.1 Å². The zero-order chi connectivity index (χ0) is 28.1.